The molecule has 1 nitrogen and oxygen atoms in total. The van der Waals surface area contributed by atoms with Crippen molar-refractivity contribution in [1.29, 1.82) is 0 Å². The van der Waals surface area contributed by atoms with Gasteiger partial charge in [0.2, 0.25) is 0 Å². The quantitative estimate of drug-likeness (QED) is 0.596. The summed E-state index contributed by atoms with van der Waals surface area (Å²) >= 11 is 0. The molecule has 0 aromatic carbocycles. The summed E-state index contributed by atoms with van der Waals surface area (Å²) in [6, 6.07) is 0.491. The molecule has 2 atom stereocenters. The summed E-state index contributed by atoms with van der Waals surface area (Å²) in [4.78, 5) is 2.14. The topological polar surface area (TPSA) is 3.24 Å². The molecular formula is C9H18FN. The summed E-state index contributed by atoms with van der Waals surface area (Å²) in [6.45, 7) is 5.02. The van der Waals surface area contributed by atoms with Crippen LogP contribution >= 0.6 is 0 Å². The molecule has 1 heterocycles. The van der Waals surface area contributed by atoms with Crippen molar-refractivity contribution >= 4 is 0 Å². The molecule has 0 spiro atoms. The third-order valence-corrected chi connectivity index (χ3v) is 2.38. The van der Waals surface area contributed by atoms with Gasteiger partial charge in [-0.3, -0.25) is 0 Å². The molecule has 1 aliphatic heterocycles. The van der Waals surface area contributed by atoms with Crippen LogP contribution in [0.25, 0.3) is 0 Å². The highest BCUT2D eigenvalue weighted by Crippen LogP contribution is 2.23. The molecule has 0 aromatic rings. The van der Waals surface area contributed by atoms with E-state index in [2.05, 4.69) is 18.7 Å². The molecule has 0 bridgehead atoms. The predicted molar refractivity (Wildman–Crippen MR) is 45.4 cm³/mol. The minimum absolute atomic E-state index is 0.491. The van der Waals surface area contributed by atoms with Gasteiger partial charge in [-0.25, -0.2) is 4.39 Å². The molecule has 66 valence electrons. The third-order valence-electron chi connectivity index (χ3n) is 2.38. The van der Waals surface area contributed by atoms with Crippen LogP contribution in [0.3, 0.4) is 0 Å². The van der Waals surface area contributed by atoms with E-state index in [0.29, 0.717) is 18.5 Å². The van der Waals surface area contributed by atoms with E-state index in [9.17, 15) is 4.39 Å². The summed E-state index contributed by atoms with van der Waals surface area (Å²) in [5.41, 5.74) is 0. The average molecular weight is 159 g/mol. The van der Waals surface area contributed by atoms with Crippen LogP contribution in [0.5, 0.6) is 0 Å². The summed E-state index contributed by atoms with van der Waals surface area (Å²) in [7, 11) is 2.02. The summed E-state index contributed by atoms with van der Waals surface area (Å²) in [6.07, 6.45) is 1.30. The highest BCUT2D eigenvalue weighted by Gasteiger charge is 2.29. The Morgan fingerprint density at radius 1 is 1.55 bits per heavy atom. The maximum atomic E-state index is 12.8. The van der Waals surface area contributed by atoms with Crippen LogP contribution in [-0.4, -0.2) is 30.7 Å². The van der Waals surface area contributed by atoms with Crippen molar-refractivity contribution in [2.24, 2.45) is 5.92 Å². The van der Waals surface area contributed by atoms with Crippen molar-refractivity contribution in [3.05, 3.63) is 0 Å². The number of hydrogen-bond donors (Lipinski definition) is 0. The number of nitrogens with zero attached hydrogens (tertiary/aromatic N) is 1. The molecular weight excluding hydrogens is 141 g/mol. The second-order valence-electron chi connectivity index (χ2n) is 4.06. The summed E-state index contributed by atoms with van der Waals surface area (Å²) in [5, 5.41) is 0. The first-order valence-electron chi connectivity index (χ1n) is 4.44. The molecule has 1 saturated heterocycles. The fraction of sp³-hybridized carbons (Fsp3) is 1.00. The Morgan fingerprint density at radius 2 is 2.18 bits per heavy atom. The molecule has 1 fully saturated rings. The van der Waals surface area contributed by atoms with Crippen LogP contribution in [0, 0.1) is 5.92 Å². The smallest absolute Gasteiger partial charge is 0.114 e. The number of hydrogen-bond acceptors (Lipinski definition) is 1. The zero-order valence-electron chi connectivity index (χ0n) is 7.68. The summed E-state index contributed by atoms with van der Waals surface area (Å²) in [5.74, 6) is 0.688. The average Bonchev–Trinajstić information content (AvgIpc) is 2.09. The number of halogens is 1. The van der Waals surface area contributed by atoms with Crippen LogP contribution in [0.4, 0.5) is 4.39 Å². The van der Waals surface area contributed by atoms with E-state index < -0.39 is 6.17 Å². The molecule has 0 amide bonds. The fourth-order valence-electron chi connectivity index (χ4n) is 1.83. The van der Waals surface area contributed by atoms with E-state index in [1.54, 1.807) is 0 Å². The molecule has 0 radical (unpaired) electrons. The first-order valence-corrected chi connectivity index (χ1v) is 4.44. The molecule has 0 N–H and O–H groups in total. The van der Waals surface area contributed by atoms with Gasteiger partial charge in [-0.1, -0.05) is 13.8 Å². The zero-order valence-corrected chi connectivity index (χ0v) is 7.68. The van der Waals surface area contributed by atoms with Crippen molar-refractivity contribution < 1.29 is 4.39 Å². The predicted octanol–water partition coefficient (Wildman–Crippen LogP) is 2.07. The van der Waals surface area contributed by atoms with Gasteiger partial charge in [-0.05, 0) is 25.8 Å². The van der Waals surface area contributed by atoms with E-state index >= 15 is 0 Å². The Labute approximate surface area is 68.6 Å². The molecule has 2 unspecified atom stereocenters. The first-order chi connectivity index (χ1) is 5.09. The lowest BCUT2D eigenvalue weighted by molar-refractivity contribution is 0.267. The van der Waals surface area contributed by atoms with Gasteiger partial charge in [0, 0.05) is 12.6 Å². The van der Waals surface area contributed by atoms with E-state index in [-0.39, 0.29) is 0 Å². The van der Waals surface area contributed by atoms with Crippen molar-refractivity contribution in [2.45, 2.75) is 38.9 Å². The highest BCUT2D eigenvalue weighted by molar-refractivity contribution is 4.83. The van der Waals surface area contributed by atoms with E-state index in [1.807, 2.05) is 7.05 Å². The van der Waals surface area contributed by atoms with Crippen molar-refractivity contribution in [3.8, 4) is 0 Å². The monoisotopic (exact) mass is 159 g/mol. The Kier molecular flexibility index (Phi) is 2.88. The number of likely N-dealkylation sites (tertiary alicyclic amines) is 1. The largest absolute Gasteiger partial charge is 0.300 e. The van der Waals surface area contributed by atoms with Crippen LogP contribution in [0.15, 0.2) is 0 Å². The van der Waals surface area contributed by atoms with Gasteiger partial charge in [-0.2, -0.15) is 0 Å². The van der Waals surface area contributed by atoms with Gasteiger partial charge >= 0.3 is 0 Å². The lowest BCUT2D eigenvalue weighted by atomic mass is 10.0. The number of rotatable bonds is 2. The first kappa shape index (κ1) is 8.98. The van der Waals surface area contributed by atoms with Gasteiger partial charge in [0.1, 0.15) is 6.17 Å². The standard InChI is InChI=1S/C9H18FN/c1-7(2)4-9-5-8(10)6-11(9)3/h7-9H,4-6H2,1-3H3. The second kappa shape index (κ2) is 3.53. The van der Waals surface area contributed by atoms with E-state index in [1.165, 1.54) is 0 Å². The van der Waals surface area contributed by atoms with E-state index in [0.717, 1.165) is 12.8 Å². The minimum atomic E-state index is -0.580. The van der Waals surface area contributed by atoms with Crippen LogP contribution < -0.4 is 0 Å². The Hall–Kier alpha value is -0.110. The highest BCUT2D eigenvalue weighted by atomic mass is 19.1. The van der Waals surface area contributed by atoms with Crippen LogP contribution in [0.1, 0.15) is 26.7 Å². The maximum Gasteiger partial charge on any atom is 0.114 e. The minimum Gasteiger partial charge on any atom is -0.300 e. The van der Waals surface area contributed by atoms with Gasteiger partial charge in [-0.15, -0.1) is 0 Å². The van der Waals surface area contributed by atoms with Crippen molar-refractivity contribution in [2.75, 3.05) is 13.6 Å². The zero-order chi connectivity index (χ0) is 8.43. The van der Waals surface area contributed by atoms with Crippen molar-refractivity contribution in [3.63, 3.8) is 0 Å². The Morgan fingerprint density at radius 3 is 2.55 bits per heavy atom. The fourth-order valence-corrected chi connectivity index (χ4v) is 1.83. The molecule has 0 saturated carbocycles. The third kappa shape index (κ3) is 2.44. The Balaban J connectivity index is 2.34. The molecule has 1 rings (SSSR count). The molecule has 1 aliphatic rings. The normalized spacial score (nSPS) is 33.5. The molecule has 2 heteroatoms. The van der Waals surface area contributed by atoms with E-state index in [4.69, 9.17) is 0 Å². The summed E-state index contributed by atoms with van der Waals surface area (Å²) < 4.78 is 12.8. The van der Waals surface area contributed by atoms with Gasteiger partial charge < -0.3 is 4.90 Å². The Bertz CT molecular complexity index is 125. The van der Waals surface area contributed by atoms with Gasteiger partial charge in [0.15, 0.2) is 0 Å². The lowest BCUT2D eigenvalue weighted by Gasteiger charge is -2.20. The SMILES string of the molecule is CC(C)CC1CC(F)CN1C. The van der Waals surface area contributed by atoms with Crippen LogP contribution in [0.2, 0.25) is 0 Å². The van der Waals surface area contributed by atoms with Gasteiger partial charge in [0.05, 0.1) is 0 Å². The molecule has 11 heavy (non-hydrogen) atoms. The van der Waals surface area contributed by atoms with Crippen molar-refractivity contribution in [1.82, 2.24) is 4.90 Å². The number of alkyl halides is 1. The lowest BCUT2D eigenvalue weighted by Crippen LogP contribution is -2.26. The molecule has 0 aliphatic carbocycles. The van der Waals surface area contributed by atoms with Crippen LogP contribution in [-0.2, 0) is 0 Å². The van der Waals surface area contributed by atoms with Gasteiger partial charge in [0.25, 0.3) is 0 Å². The molecule has 0 aromatic heterocycles. The second-order valence-corrected chi connectivity index (χ2v) is 4.06. The maximum absolute atomic E-state index is 12.8.